The van der Waals surface area contributed by atoms with Crippen LogP contribution in [0.5, 0.6) is 0 Å². The molecule has 15 heavy (non-hydrogen) atoms. The van der Waals surface area contributed by atoms with Gasteiger partial charge in [0.25, 0.3) is 0 Å². The van der Waals surface area contributed by atoms with E-state index in [9.17, 15) is 4.79 Å². The third-order valence-electron chi connectivity index (χ3n) is 2.37. The van der Waals surface area contributed by atoms with E-state index in [1.807, 2.05) is 25.3 Å². The van der Waals surface area contributed by atoms with Crippen molar-refractivity contribution >= 4 is 33.0 Å². The second-order valence-corrected chi connectivity index (χ2v) is 5.87. The van der Waals surface area contributed by atoms with E-state index in [0.717, 1.165) is 9.35 Å². The summed E-state index contributed by atoms with van der Waals surface area (Å²) in [6.07, 6.45) is 0.973. The lowest BCUT2D eigenvalue weighted by Gasteiger charge is -2.13. The lowest BCUT2D eigenvalue weighted by molar-refractivity contribution is -0.118. The van der Waals surface area contributed by atoms with Gasteiger partial charge < -0.3 is 5.73 Å². The first kappa shape index (κ1) is 12.9. The molecule has 0 aliphatic carbocycles. The summed E-state index contributed by atoms with van der Waals surface area (Å²) < 4.78 is 1.03. The van der Waals surface area contributed by atoms with Crippen molar-refractivity contribution in [3.8, 4) is 0 Å². The Morgan fingerprint density at radius 2 is 2.27 bits per heavy atom. The van der Waals surface area contributed by atoms with Gasteiger partial charge in [0.1, 0.15) is 5.78 Å². The number of halogens is 1. The monoisotopic (exact) mass is 289 g/mol. The predicted molar refractivity (Wildman–Crippen MR) is 68.2 cm³/mol. The summed E-state index contributed by atoms with van der Waals surface area (Å²) in [6, 6.07) is 1.95. The van der Waals surface area contributed by atoms with Crippen molar-refractivity contribution in [3.63, 3.8) is 0 Å². The summed E-state index contributed by atoms with van der Waals surface area (Å²) in [4.78, 5) is 12.8. The summed E-state index contributed by atoms with van der Waals surface area (Å²) in [6.45, 7) is 4.08. The van der Waals surface area contributed by atoms with Crippen molar-refractivity contribution in [2.75, 3.05) is 0 Å². The van der Waals surface area contributed by atoms with Gasteiger partial charge in [-0.1, -0.05) is 13.8 Å². The molecule has 2 nitrogen and oxygen atoms in total. The van der Waals surface area contributed by atoms with Gasteiger partial charge in [0, 0.05) is 28.2 Å². The zero-order valence-electron chi connectivity index (χ0n) is 9.00. The Morgan fingerprint density at radius 3 is 2.73 bits per heavy atom. The fraction of sp³-hybridized carbons (Fsp3) is 0.545. The van der Waals surface area contributed by atoms with Crippen molar-refractivity contribution in [3.05, 3.63) is 20.8 Å². The number of carbonyl (C=O) groups excluding carboxylic acids is 1. The molecule has 0 aromatic carbocycles. The Bertz CT molecular complexity index is 335. The summed E-state index contributed by atoms with van der Waals surface area (Å²) >= 11 is 5.02. The van der Waals surface area contributed by atoms with Crippen molar-refractivity contribution in [1.82, 2.24) is 0 Å². The molecule has 1 aromatic heterocycles. The Kier molecular flexibility index (Phi) is 4.96. The van der Waals surface area contributed by atoms with Crippen molar-refractivity contribution < 1.29 is 4.79 Å². The SMILES string of the molecule is CC(C)C(N)CC(=O)Cc1sccc1Br. The van der Waals surface area contributed by atoms with E-state index in [1.54, 1.807) is 11.3 Å². The van der Waals surface area contributed by atoms with E-state index >= 15 is 0 Å². The molecule has 0 aliphatic heterocycles. The number of hydrogen-bond acceptors (Lipinski definition) is 3. The molecule has 0 fully saturated rings. The average molecular weight is 290 g/mol. The maximum atomic E-state index is 11.7. The lowest BCUT2D eigenvalue weighted by atomic mass is 9.98. The maximum absolute atomic E-state index is 11.7. The molecule has 1 rings (SSSR count). The van der Waals surface area contributed by atoms with Crippen LogP contribution in [0, 0.1) is 5.92 Å². The van der Waals surface area contributed by atoms with Crippen LogP contribution >= 0.6 is 27.3 Å². The fourth-order valence-corrected chi connectivity index (χ4v) is 2.72. The summed E-state index contributed by atoms with van der Waals surface area (Å²) in [5.41, 5.74) is 5.86. The second kappa shape index (κ2) is 5.77. The van der Waals surface area contributed by atoms with Crippen molar-refractivity contribution in [2.45, 2.75) is 32.7 Å². The molecule has 1 heterocycles. The van der Waals surface area contributed by atoms with Crippen LogP contribution in [-0.2, 0) is 11.2 Å². The van der Waals surface area contributed by atoms with Gasteiger partial charge in [0.05, 0.1) is 0 Å². The van der Waals surface area contributed by atoms with Gasteiger partial charge in [-0.2, -0.15) is 0 Å². The largest absolute Gasteiger partial charge is 0.327 e. The van der Waals surface area contributed by atoms with E-state index in [-0.39, 0.29) is 11.8 Å². The highest BCUT2D eigenvalue weighted by Crippen LogP contribution is 2.23. The van der Waals surface area contributed by atoms with Gasteiger partial charge in [-0.25, -0.2) is 0 Å². The number of Topliss-reactive ketones (excluding diaryl/α,β-unsaturated/α-hetero) is 1. The van der Waals surface area contributed by atoms with Crippen LogP contribution in [0.1, 0.15) is 25.1 Å². The van der Waals surface area contributed by atoms with Crippen LogP contribution in [0.25, 0.3) is 0 Å². The van der Waals surface area contributed by atoms with Crippen molar-refractivity contribution in [2.24, 2.45) is 11.7 Å². The van der Waals surface area contributed by atoms with E-state index in [0.29, 0.717) is 18.8 Å². The summed E-state index contributed by atoms with van der Waals surface area (Å²) in [5.74, 6) is 0.583. The molecule has 0 saturated carbocycles. The second-order valence-electron chi connectivity index (χ2n) is 4.02. The highest BCUT2D eigenvalue weighted by molar-refractivity contribution is 9.10. The first-order valence-electron chi connectivity index (χ1n) is 5.00. The van der Waals surface area contributed by atoms with Gasteiger partial charge in [0.2, 0.25) is 0 Å². The number of carbonyl (C=O) groups is 1. The van der Waals surface area contributed by atoms with Gasteiger partial charge in [0.15, 0.2) is 0 Å². The molecule has 1 aromatic rings. The van der Waals surface area contributed by atoms with E-state index < -0.39 is 0 Å². The van der Waals surface area contributed by atoms with E-state index in [1.165, 1.54) is 0 Å². The topological polar surface area (TPSA) is 43.1 Å². The molecule has 1 unspecified atom stereocenters. The normalized spacial score (nSPS) is 13.1. The molecule has 2 N–H and O–H groups in total. The molecule has 84 valence electrons. The van der Waals surface area contributed by atoms with Gasteiger partial charge in [-0.05, 0) is 33.3 Å². The molecule has 0 aliphatic rings. The number of hydrogen-bond donors (Lipinski definition) is 1. The highest BCUT2D eigenvalue weighted by Gasteiger charge is 2.14. The molecule has 0 amide bonds. The van der Waals surface area contributed by atoms with Crippen LogP contribution in [0.3, 0.4) is 0 Å². The lowest BCUT2D eigenvalue weighted by Crippen LogP contribution is -2.29. The molecule has 0 radical (unpaired) electrons. The molecule has 0 bridgehead atoms. The molecule has 1 atom stereocenters. The van der Waals surface area contributed by atoms with Crippen LogP contribution in [0.2, 0.25) is 0 Å². The van der Waals surface area contributed by atoms with Crippen LogP contribution in [0.4, 0.5) is 0 Å². The highest BCUT2D eigenvalue weighted by atomic mass is 79.9. The standard InChI is InChI=1S/C11H16BrNOS/c1-7(2)10(13)5-8(14)6-11-9(12)3-4-15-11/h3-4,7,10H,5-6,13H2,1-2H3. The molecule has 0 saturated heterocycles. The Balaban J connectivity index is 2.47. The fourth-order valence-electron chi connectivity index (χ4n) is 1.20. The van der Waals surface area contributed by atoms with Gasteiger partial charge in [-0.15, -0.1) is 11.3 Å². The minimum absolute atomic E-state index is 0.0174. The quantitative estimate of drug-likeness (QED) is 0.906. The van der Waals surface area contributed by atoms with E-state index in [2.05, 4.69) is 15.9 Å². The molecular formula is C11H16BrNOS. The Morgan fingerprint density at radius 1 is 1.60 bits per heavy atom. The predicted octanol–water partition coefficient (Wildman–Crippen LogP) is 3.00. The molecule has 0 spiro atoms. The average Bonchev–Trinajstić information content (AvgIpc) is 2.51. The third kappa shape index (κ3) is 4.05. The first-order valence-corrected chi connectivity index (χ1v) is 6.67. The summed E-state index contributed by atoms with van der Waals surface area (Å²) in [7, 11) is 0. The number of nitrogens with two attached hydrogens (primary N) is 1. The summed E-state index contributed by atoms with van der Waals surface area (Å²) in [5, 5.41) is 1.98. The van der Waals surface area contributed by atoms with Gasteiger partial charge in [-0.3, -0.25) is 4.79 Å². The van der Waals surface area contributed by atoms with Gasteiger partial charge >= 0.3 is 0 Å². The maximum Gasteiger partial charge on any atom is 0.139 e. The van der Waals surface area contributed by atoms with Crippen LogP contribution < -0.4 is 5.73 Å². The number of ketones is 1. The third-order valence-corrected chi connectivity index (χ3v) is 4.29. The van der Waals surface area contributed by atoms with Crippen molar-refractivity contribution in [1.29, 1.82) is 0 Å². The Labute approximate surface area is 103 Å². The van der Waals surface area contributed by atoms with E-state index in [4.69, 9.17) is 5.73 Å². The van der Waals surface area contributed by atoms with Crippen LogP contribution in [0.15, 0.2) is 15.9 Å². The molecule has 4 heteroatoms. The number of thiophene rings is 1. The number of rotatable bonds is 5. The first-order chi connectivity index (χ1) is 7.00. The zero-order chi connectivity index (χ0) is 11.4. The smallest absolute Gasteiger partial charge is 0.139 e. The Hall–Kier alpha value is -0.190. The zero-order valence-corrected chi connectivity index (χ0v) is 11.4. The minimum Gasteiger partial charge on any atom is -0.327 e. The van der Waals surface area contributed by atoms with Crippen LogP contribution in [-0.4, -0.2) is 11.8 Å². The molecular weight excluding hydrogens is 274 g/mol. The minimum atomic E-state index is -0.0174.